The Labute approximate surface area is 99.5 Å². The molecule has 0 spiro atoms. The van der Waals surface area contributed by atoms with E-state index >= 15 is 0 Å². The summed E-state index contributed by atoms with van der Waals surface area (Å²) in [6.07, 6.45) is 1.60. The van der Waals surface area contributed by atoms with Crippen LogP contribution >= 0.6 is 15.9 Å². The van der Waals surface area contributed by atoms with Crippen LogP contribution in [0.3, 0.4) is 0 Å². The van der Waals surface area contributed by atoms with E-state index in [2.05, 4.69) is 26.2 Å². The summed E-state index contributed by atoms with van der Waals surface area (Å²) < 4.78 is 26.6. The summed E-state index contributed by atoms with van der Waals surface area (Å²) in [5, 5.41) is 2.80. The Morgan fingerprint density at radius 2 is 1.75 bits per heavy atom. The van der Waals surface area contributed by atoms with Crippen molar-refractivity contribution in [1.29, 1.82) is 0 Å². The van der Waals surface area contributed by atoms with Gasteiger partial charge in [-0.3, -0.25) is 0 Å². The quantitative estimate of drug-likeness (QED) is 0.906. The van der Waals surface area contributed by atoms with E-state index < -0.39 is 11.6 Å². The first-order valence-electron chi connectivity index (χ1n) is 4.48. The van der Waals surface area contributed by atoms with Gasteiger partial charge in [0.1, 0.15) is 17.5 Å². The molecule has 0 saturated heterocycles. The minimum atomic E-state index is -0.625. The average molecular weight is 285 g/mol. The highest BCUT2D eigenvalue weighted by Crippen LogP contribution is 2.18. The summed E-state index contributed by atoms with van der Waals surface area (Å²) >= 11 is 3.24. The molecule has 1 aromatic heterocycles. The van der Waals surface area contributed by atoms with Crippen molar-refractivity contribution < 1.29 is 8.78 Å². The fourth-order valence-electron chi connectivity index (χ4n) is 1.22. The molecule has 82 valence electrons. The van der Waals surface area contributed by atoms with Gasteiger partial charge >= 0.3 is 0 Å². The summed E-state index contributed by atoms with van der Waals surface area (Å²) in [4.78, 5) is 4.03. The molecule has 0 saturated carbocycles. The zero-order valence-electron chi connectivity index (χ0n) is 8.05. The Morgan fingerprint density at radius 3 is 2.31 bits per heavy atom. The van der Waals surface area contributed by atoms with Gasteiger partial charge in [-0.2, -0.15) is 0 Å². The van der Waals surface area contributed by atoms with Gasteiger partial charge in [0.05, 0.1) is 0 Å². The summed E-state index contributed by atoms with van der Waals surface area (Å²) in [7, 11) is 0. The first-order valence-corrected chi connectivity index (χ1v) is 5.27. The van der Waals surface area contributed by atoms with Crippen molar-refractivity contribution in [2.45, 2.75) is 0 Å². The minimum Gasteiger partial charge on any atom is -0.340 e. The number of benzene rings is 1. The molecule has 1 N–H and O–H groups in total. The molecule has 0 radical (unpaired) electrons. The third kappa shape index (κ3) is 2.76. The SMILES string of the molecule is Fc1cc(F)cc(Nc2ccc(Br)cn2)c1. The lowest BCUT2D eigenvalue weighted by Crippen LogP contribution is -1.94. The van der Waals surface area contributed by atoms with Crippen LogP contribution in [0.4, 0.5) is 20.3 Å². The van der Waals surface area contributed by atoms with Crippen molar-refractivity contribution in [2.24, 2.45) is 0 Å². The van der Waals surface area contributed by atoms with Gasteiger partial charge in [-0.1, -0.05) is 0 Å². The van der Waals surface area contributed by atoms with E-state index in [1.807, 2.05) is 0 Å². The van der Waals surface area contributed by atoms with Gasteiger partial charge in [0.2, 0.25) is 0 Å². The third-order valence-corrected chi connectivity index (χ3v) is 2.33. The van der Waals surface area contributed by atoms with Gasteiger partial charge in [0.15, 0.2) is 0 Å². The number of hydrogen-bond acceptors (Lipinski definition) is 2. The molecular formula is C11H7BrF2N2. The van der Waals surface area contributed by atoms with Gasteiger partial charge in [-0.15, -0.1) is 0 Å². The second-order valence-electron chi connectivity index (χ2n) is 3.14. The molecule has 0 atom stereocenters. The van der Waals surface area contributed by atoms with Gasteiger partial charge in [-0.25, -0.2) is 13.8 Å². The highest BCUT2D eigenvalue weighted by Gasteiger charge is 2.01. The predicted molar refractivity (Wildman–Crippen MR) is 61.6 cm³/mol. The van der Waals surface area contributed by atoms with E-state index in [-0.39, 0.29) is 0 Å². The molecule has 0 aliphatic heterocycles. The maximum Gasteiger partial charge on any atom is 0.130 e. The average Bonchev–Trinajstić information content (AvgIpc) is 2.20. The molecule has 0 aliphatic carbocycles. The number of halogens is 3. The molecule has 1 aromatic carbocycles. The molecule has 0 unspecified atom stereocenters. The fraction of sp³-hybridized carbons (Fsp3) is 0. The molecule has 0 amide bonds. The van der Waals surface area contributed by atoms with E-state index in [4.69, 9.17) is 0 Å². The van der Waals surface area contributed by atoms with Crippen LogP contribution in [0.25, 0.3) is 0 Å². The summed E-state index contributed by atoms with van der Waals surface area (Å²) in [5.41, 5.74) is 0.326. The summed E-state index contributed by atoms with van der Waals surface area (Å²) in [6.45, 7) is 0. The van der Waals surface area contributed by atoms with Gasteiger partial charge in [-0.05, 0) is 40.2 Å². The van der Waals surface area contributed by atoms with Crippen LogP contribution in [0.15, 0.2) is 41.0 Å². The molecule has 5 heteroatoms. The zero-order chi connectivity index (χ0) is 11.5. The maximum atomic E-state index is 12.9. The second kappa shape index (κ2) is 4.57. The standard InChI is InChI=1S/C11H7BrF2N2/c12-7-1-2-11(15-6-7)16-10-4-8(13)3-9(14)5-10/h1-6H,(H,15,16). The Kier molecular flexibility index (Phi) is 3.14. The number of anilines is 2. The number of pyridine rings is 1. The number of hydrogen-bond donors (Lipinski definition) is 1. The van der Waals surface area contributed by atoms with Crippen LogP contribution in [0.5, 0.6) is 0 Å². The summed E-state index contributed by atoms with van der Waals surface area (Å²) in [6, 6.07) is 6.71. The minimum absolute atomic E-state index is 0.326. The first-order chi connectivity index (χ1) is 7.63. The summed E-state index contributed by atoms with van der Waals surface area (Å²) in [5.74, 6) is -0.729. The number of aromatic nitrogens is 1. The maximum absolute atomic E-state index is 12.9. The lowest BCUT2D eigenvalue weighted by Gasteiger charge is -2.05. The van der Waals surface area contributed by atoms with Crippen molar-refractivity contribution in [3.05, 3.63) is 52.6 Å². The lowest BCUT2D eigenvalue weighted by atomic mass is 10.3. The highest BCUT2D eigenvalue weighted by atomic mass is 79.9. The van der Waals surface area contributed by atoms with Crippen LogP contribution in [0.2, 0.25) is 0 Å². The highest BCUT2D eigenvalue weighted by molar-refractivity contribution is 9.10. The van der Waals surface area contributed by atoms with Crippen molar-refractivity contribution in [3.63, 3.8) is 0 Å². The van der Waals surface area contributed by atoms with Gasteiger partial charge < -0.3 is 5.32 Å². The molecule has 1 heterocycles. The third-order valence-electron chi connectivity index (χ3n) is 1.86. The normalized spacial score (nSPS) is 10.2. The molecular weight excluding hydrogens is 278 g/mol. The van der Waals surface area contributed by atoms with Crippen LogP contribution in [0, 0.1) is 11.6 Å². The number of nitrogens with zero attached hydrogens (tertiary/aromatic N) is 1. The second-order valence-corrected chi connectivity index (χ2v) is 4.06. The Morgan fingerprint density at radius 1 is 1.06 bits per heavy atom. The van der Waals surface area contributed by atoms with Gasteiger partial charge in [0, 0.05) is 22.4 Å². The Balaban J connectivity index is 2.23. The zero-order valence-corrected chi connectivity index (χ0v) is 9.63. The van der Waals surface area contributed by atoms with Crippen molar-refractivity contribution >= 4 is 27.4 Å². The van der Waals surface area contributed by atoms with Crippen LogP contribution in [-0.2, 0) is 0 Å². The van der Waals surface area contributed by atoms with Crippen LogP contribution < -0.4 is 5.32 Å². The molecule has 0 bridgehead atoms. The Bertz CT molecular complexity index is 480. The smallest absolute Gasteiger partial charge is 0.130 e. The van der Waals surface area contributed by atoms with E-state index in [0.717, 1.165) is 10.5 Å². The van der Waals surface area contributed by atoms with E-state index in [9.17, 15) is 8.78 Å². The van der Waals surface area contributed by atoms with Crippen LogP contribution in [0.1, 0.15) is 0 Å². The number of nitrogens with one attached hydrogen (secondary N) is 1. The predicted octanol–water partition coefficient (Wildman–Crippen LogP) is 3.87. The monoisotopic (exact) mass is 284 g/mol. The molecule has 0 fully saturated rings. The number of rotatable bonds is 2. The van der Waals surface area contributed by atoms with Crippen molar-refractivity contribution in [2.75, 3.05) is 5.32 Å². The lowest BCUT2D eigenvalue weighted by molar-refractivity contribution is 0.584. The molecule has 2 rings (SSSR count). The fourth-order valence-corrected chi connectivity index (χ4v) is 1.46. The largest absolute Gasteiger partial charge is 0.340 e. The van der Waals surface area contributed by atoms with Gasteiger partial charge in [0.25, 0.3) is 0 Å². The molecule has 2 nitrogen and oxygen atoms in total. The van der Waals surface area contributed by atoms with E-state index in [1.54, 1.807) is 18.3 Å². The molecule has 2 aromatic rings. The van der Waals surface area contributed by atoms with Crippen LogP contribution in [-0.4, -0.2) is 4.98 Å². The molecule has 16 heavy (non-hydrogen) atoms. The molecule has 0 aliphatic rings. The van der Waals surface area contributed by atoms with E-state index in [1.165, 1.54) is 12.1 Å². The first kappa shape index (κ1) is 11.0. The van der Waals surface area contributed by atoms with Crippen molar-refractivity contribution in [1.82, 2.24) is 4.98 Å². The van der Waals surface area contributed by atoms with E-state index in [0.29, 0.717) is 11.5 Å². The topological polar surface area (TPSA) is 24.9 Å². The Hall–Kier alpha value is -1.49. The van der Waals surface area contributed by atoms with Crippen molar-refractivity contribution in [3.8, 4) is 0 Å².